The van der Waals surface area contributed by atoms with Gasteiger partial charge in [-0.05, 0) is 29.7 Å². The normalized spacial score (nSPS) is 11.0. The number of ether oxygens (including phenoxy) is 1. The minimum absolute atomic E-state index is 0.212. The number of carbonyl (C=O) groups is 1. The highest BCUT2D eigenvalue weighted by Gasteiger charge is 2.11. The maximum atomic E-state index is 11.3. The fraction of sp³-hybridized carbons (Fsp3) is 0.235. The molecule has 6 nitrogen and oxygen atoms in total. The van der Waals surface area contributed by atoms with Crippen LogP contribution in [0.15, 0.2) is 42.5 Å². The lowest BCUT2D eigenvalue weighted by molar-refractivity contribution is 0.186. The third-order valence-corrected chi connectivity index (χ3v) is 3.61. The van der Waals surface area contributed by atoms with E-state index in [1.54, 1.807) is 4.52 Å². The Morgan fingerprint density at radius 2 is 2.00 bits per heavy atom. The zero-order valence-corrected chi connectivity index (χ0v) is 13.3. The van der Waals surface area contributed by atoms with E-state index in [0.717, 1.165) is 11.3 Å². The molecule has 0 saturated carbocycles. The van der Waals surface area contributed by atoms with Crippen molar-refractivity contribution in [2.45, 2.75) is 19.8 Å². The summed E-state index contributed by atoms with van der Waals surface area (Å²) in [6.07, 6.45) is -0.593. The van der Waals surface area contributed by atoms with Crippen molar-refractivity contribution >= 4 is 17.7 Å². The molecule has 0 aliphatic carbocycles. The van der Waals surface area contributed by atoms with Crippen LogP contribution in [0.2, 0.25) is 0 Å². The van der Waals surface area contributed by atoms with Gasteiger partial charge in [-0.1, -0.05) is 38.1 Å². The SMILES string of the molecule is COC(=O)Nc1nc2cccc(-c3cccc(C(C)C)c3)n2n1. The number of hydrogen-bond acceptors (Lipinski definition) is 4. The predicted molar refractivity (Wildman–Crippen MR) is 88.5 cm³/mol. The van der Waals surface area contributed by atoms with Gasteiger partial charge in [-0.25, -0.2) is 9.31 Å². The molecule has 0 saturated heterocycles. The molecular formula is C17H18N4O2. The molecule has 118 valence electrons. The zero-order valence-electron chi connectivity index (χ0n) is 13.3. The van der Waals surface area contributed by atoms with Gasteiger partial charge >= 0.3 is 6.09 Å². The van der Waals surface area contributed by atoms with E-state index in [4.69, 9.17) is 0 Å². The molecular weight excluding hydrogens is 292 g/mol. The lowest BCUT2D eigenvalue weighted by atomic mass is 9.99. The average Bonchev–Trinajstić information content (AvgIpc) is 2.96. The van der Waals surface area contributed by atoms with Crippen molar-refractivity contribution < 1.29 is 9.53 Å². The van der Waals surface area contributed by atoms with Gasteiger partial charge in [0.1, 0.15) is 0 Å². The number of amides is 1. The fourth-order valence-electron chi connectivity index (χ4n) is 2.38. The summed E-state index contributed by atoms with van der Waals surface area (Å²) in [7, 11) is 1.30. The molecule has 2 heterocycles. The van der Waals surface area contributed by atoms with Crippen LogP contribution in [0, 0.1) is 0 Å². The largest absolute Gasteiger partial charge is 0.453 e. The minimum atomic E-state index is -0.593. The average molecular weight is 310 g/mol. The van der Waals surface area contributed by atoms with Gasteiger partial charge in [-0.15, -0.1) is 5.10 Å². The maximum Gasteiger partial charge on any atom is 0.413 e. The lowest BCUT2D eigenvalue weighted by Crippen LogP contribution is -2.12. The van der Waals surface area contributed by atoms with Crippen molar-refractivity contribution in [2.24, 2.45) is 0 Å². The first-order valence-corrected chi connectivity index (χ1v) is 7.39. The highest BCUT2D eigenvalue weighted by Crippen LogP contribution is 2.24. The van der Waals surface area contributed by atoms with Gasteiger partial charge in [0, 0.05) is 5.56 Å². The molecule has 0 aliphatic rings. The third kappa shape index (κ3) is 3.01. The van der Waals surface area contributed by atoms with E-state index in [-0.39, 0.29) is 5.95 Å². The smallest absolute Gasteiger partial charge is 0.413 e. The van der Waals surface area contributed by atoms with Gasteiger partial charge in [-0.3, -0.25) is 5.32 Å². The molecule has 0 aliphatic heterocycles. The summed E-state index contributed by atoms with van der Waals surface area (Å²) in [5, 5.41) is 6.83. The summed E-state index contributed by atoms with van der Waals surface area (Å²) in [6, 6.07) is 14.1. The number of nitrogens with zero attached hydrogens (tertiary/aromatic N) is 3. The van der Waals surface area contributed by atoms with Gasteiger partial charge < -0.3 is 4.74 Å². The maximum absolute atomic E-state index is 11.3. The minimum Gasteiger partial charge on any atom is -0.453 e. The summed E-state index contributed by atoms with van der Waals surface area (Å²) >= 11 is 0. The molecule has 0 radical (unpaired) electrons. The van der Waals surface area contributed by atoms with E-state index in [0.29, 0.717) is 11.6 Å². The van der Waals surface area contributed by atoms with Gasteiger partial charge in [0.05, 0.1) is 12.8 Å². The Bertz CT molecular complexity index is 855. The number of aromatic nitrogens is 3. The first-order chi connectivity index (χ1) is 11.1. The van der Waals surface area contributed by atoms with Crippen LogP contribution in [0.3, 0.4) is 0 Å². The summed E-state index contributed by atoms with van der Waals surface area (Å²) in [4.78, 5) is 15.6. The van der Waals surface area contributed by atoms with Gasteiger partial charge in [0.25, 0.3) is 5.95 Å². The van der Waals surface area contributed by atoms with Crippen molar-refractivity contribution in [2.75, 3.05) is 12.4 Å². The molecule has 0 unspecified atom stereocenters. The Balaban J connectivity index is 2.07. The van der Waals surface area contributed by atoms with Crippen LogP contribution in [0.25, 0.3) is 16.9 Å². The van der Waals surface area contributed by atoms with Crippen LogP contribution in [0.5, 0.6) is 0 Å². The van der Waals surface area contributed by atoms with Crippen LogP contribution in [0.1, 0.15) is 25.3 Å². The number of pyridine rings is 1. The Morgan fingerprint density at radius 3 is 2.74 bits per heavy atom. The molecule has 3 aromatic rings. The summed E-state index contributed by atoms with van der Waals surface area (Å²) in [5.41, 5.74) is 3.88. The van der Waals surface area contributed by atoms with Crippen molar-refractivity contribution in [3.8, 4) is 11.3 Å². The zero-order chi connectivity index (χ0) is 16.4. The summed E-state index contributed by atoms with van der Waals surface area (Å²) in [5.74, 6) is 0.658. The molecule has 3 rings (SSSR count). The van der Waals surface area contributed by atoms with E-state index < -0.39 is 6.09 Å². The molecule has 0 atom stereocenters. The van der Waals surface area contributed by atoms with Crippen molar-refractivity contribution in [3.63, 3.8) is 0 Å². The number of hydrogen-bond donors (Lipinski definition) is 1. The Hall–Kier alpha value is -2.89. The van der Waals surface area contributed by atoms with Crippen LogP contribution in [0.4, 0.5) is 10.7 Å². The first kappa shape index (κ1) is 15.0. The van der Waals surface area contributed by atoms with Crippen LogP contribution >= 0.6 is 0 Å². The fourth-order valence-corrected chi connectivity index (χ4v) is 2.38. The molecule has 1 N–H and O–H groups in total. The monoisotopic (exact) mass is 310 g/mol. The number of rotatable bonds is 3. The second-order valence-electron chi connectivity index (χ2n) is 5.51. The Labute approximate surface area is 134 Å². The van der Waals surface area contributed by atoms with E-state index in [1.807, 2.05) is 30.3 Å². The molecule has 2 aromatic heterocycles. The molecule has 0 spiro atoms. The van der Waals surface area contributed by atoms with E-state index in [1.165, 1.54) is 12.7 Å². The third-order valence-electron chi connectivity index (χ3n) is 3.61. The second-order valence-corrected chi connectivity index (χ2v) is 5.51. The van der Waals surface area contributed by atoms with Gasteiger partial charge in [-0.2, -0.15) is 4.98 Å². The number of benzene rings is 1. The Kier molecular flexibility index (Phi) is 3.97. The molecule has 1 aromatic carbocycles. The molecule has 0 fully saturated rings. The van der Waals surface area contributed by atoms with E-state index in [2.05, 4.69) is 46.1 Å². The number of methoxy groups -OCH3 is 1. The summed E-state index contributed by atoms with van der Waals surface area (Å²) < 4.78 is 6.28. The number of fused-ring (bicyclic) bond motifs is 1. The molecule has 0 bridgehead atoms. The second kappa shape index (κ2) is 6.08. The number of carbonyl (C=O) groups excluding carboxylic acids is 1. The molecule has 1 amide bonds. The van der Waals surface area contributed by atoms with Gasteiger partial charge in [0.15, 0.2) is 5.65 Å². The lowest BCUT2D eigenvalue weighted by Gasteiger charge is -2.09. The molecule has 6 heteroatoms. The summed E-state index contributed by atoms with van der Waals surface area (Å²) in [6.45, 7) is 4.32. The van der Waals surface area contributed by atoms with E-state index in [9.17, 15) is 4.79 Å². The number of anilines is 1. The quantitative estimate of drug-likeness (QED) is 0.801. The first-order valence-electron chi connectivity index (χ1n) is 7.39. The Morgan fingerprint density at radius 1 is 1.22 bits per heavy atom. The highest BCUT2D eigenvalue weighted by atomic mass is 16.5. The number of nitrogens with one attached hydrogen (secondary N) is 1. The van der Waals surface area contributed by atoms with E-state index >= 15 is 0 Å². The van der Waals surface area contributed by atoms with Crippen LogP contribution < -0.4 is 5.32 Å². The van der Waals surface area contributed by atoms with Crippen molar-refractivity contribution in [1.29, 1.82) is 0 Å². The molecule has 23 heavy (non-hydrogen) atoms. The van der Waals surface area contributed by atoms with Crippen LogP contribution in [-0.2, 0) is 4.74 Å². The van der Waals surface area contributed by atoms with Crippen molar-refractivity contribution in [1.82, 2.24) is 14.6 Å². The van der Waals surface area contributed by atoms with Gasteiger partial charge in [0.2, 0.25) is 0 Å². The topological polar surface area (TPSA) is 68.5 Å². The van der Waals surface area contributed by atoms with Crippen LogP contribution in [-0.4, -0.2) is 27.8 Å². The van der Waals surface area contributed by atoms with Crippen molar-refractivity contribution in [3.05, 3.63) is 48.0 Å². The predicted octanol–water partition coefficient (Wildman–Crippen LogP) is 3.70. The highest BCUT2D eigenvalue weighted by molar-refractivity contribution is 5.82. The standard InChI is InChI=1S/C17H18N4O2/c1-11(2)12-6-4-7-13(10-12)14-8-5-9-15-18-16(20-21(14)15)19-17(22)23-3/h4-11H,1-3H3,(H,19,20,22).